The molecule has 0 saturated heterocycles. The number of hydrogen-bond donors (Lipinski definition) is 6. The average Bonchev–Trinajstić information content (AvgIpc) is 2.82. The molecule has 1 aromatic carbocycles. The van der Waals surface area contributed by atoms with E-state index in [4.69, 9.17) is 5.73 Å². The Bertz CT molecular complexity index is 1350. The molecule has 10 nitrogen and oxygen atoms in total. The molecular weight excluding hydrogens is 535 g/mol. The number of alkyl halides is 3. The van der Waals surface area contributed by atoms with Crippen molar-refractivity contribution in [1.29, 1.82) is 0 Å². The maximum atomic E-state index is 14.4. The number of nitrogens with one attached hydrogen (secondary N) is 1. The Morgan fingerprint density at radius 3 is 2.42 bits per heavy atom. The van der Waals surface area contributed by atoms with Crippen LogP contribution in [0.3, 0.4) is 0 Å². The fraction of sp³-hybridized carbons (Fsp3) is 0.519. The topological polar surface area (TPSA) is 173 Å². The standard InChI is InChI=1S/C27H32F3N3O7/c1-4-5-6-32-10-12-9-15(34)17-13(19(12)27(28,29)30)7-11-8-14-20(33(2)3)22(36)18(25(31)39)24(38)26(14,40)23(37)16(11)21(17)35/h9,11,14,20,32,34-35,38,40H,4-8,10H2,1-3H3,(H2,31,39)/t11-,14-,20-,26-/m0/s1. The number of carbonyl (C=O) groups excluding carboxylic acids is 3. The van der Waals surface area contributed by atoms with Crippen molar-refractivity contribution in [2.45, 2.75) is 57.0 Å². The molecule has 4 rings (SSSR count). The molecule has 0 spiro atoms. The number of carbonyl (C=O) groups is 3. The predicted molar refractivity (Wildman–Crippen MR) is 136 cm³/mol. The molecule has 0 aromatic heterocycles. The van der Waals surface area contributed by atoms with Crippen LogP contribution < -0.4 is 11.1 Å². The van der Waals surface area contributed by atoms with Gasteiger partial charge in [0.1, 0.15) is 22.8 Å². The first-order chi connectivity index (χ1) is 18.6. The van der Waals surface area contributed by atoms with E-state index in [-0.39, 0.29) is 18.5 Å². The van der Waals surface area contributed by atoms with Crippen LogP contribution >= 0.6 is 0 Å². The number of rotatable bonds is 7. The average molecular weight is 568 g/mol. The molecule has 7 N–H and O–H groups in total. The normalized spacial score (nSPS) is 26.6. The summed E-state index contributed by atoms with van der Waals surface area (Å²) in [6, 6.07) is -0.450. The van der Waals surface area contributed by atoms with E-state index < -0.39 is 98.7 Å². The van der Waals surface area contributed by atoms with Gasteiger partial charge in [-0.25, -0.2) is 0 Å². The second-order valence-electron chi connectivity index (χ2n) is 10.8. The highest BCUT2D eigenvalue weighted by molar-refractivity contribution is 6.24. The van der Waals surface area contributed by atoms with Gasteiger partial charge in [0.05, 0.1) is 17.2 Å². The quantitative estimate of drug-likeness (QED) is 0.212. The van der Waals surface area contributed by atoms with Crippen molar-refractivity contribution in [3.05, 3.63) is 45.2 Å². The zero-order valence-corrected chi connectivity index (χ0v) is 22.2. The molecule has 1 saturated carbocycles. The third-order valence-corrected chi connectivity index (χ3v) is 8.11. The molecule has 0 bridgehead atoms. The molecule has 3 aliphatic rings. The number of halogens is 3. The summed E-state index contributed by atoms with van der Waals surface area (Å²) in [6.45, 7) is 2.17. The van der Waals surface area contributed by atoms with Crippen molar-refractivity contribution >= 4 is 23.2 Å². The smallest absolute Gasteiger partial charge is 0.417 e. The SMILES string of the molecule is CCCCNCc1cc(O)c2c(c1C(F)(F)F)C[C@H]1C[C@H]3[C@H](N(C)C)C(=O)C(C(N)=O)=C(O)[C@@]3(O)C(=O)C1=C2O. The number of nitrogens with zero attached hydrogens (tertiary/aromatic N) is 1. The number of phenolic OH excluding ortho intramolecular Hbond substituents is 1. The van der Waals surface area contributed by atoms with Crippen molar-refractivity contribution in [3.63, 3.8) is 0 Å². The summed E-state index contributed by atoms with van der Waals surface area (Å²) in [5.74, 6) is -9.02. The predicted octanol–water partition coefficient (Wildman–Crippen LogP) is 1.87. The van der Waals surface area contributed by atoms with Crippen LogP contribution in [0, 0.1) is 11.8 Å². The molecule has 13 heteroatoms. The summed E-state index contributed by atoms with van der Waals surface area (Å²) >= 11 is 0. The molecule has 4 atom stereocenters. The lowest BCUT2D eigenvalue weighted by atomic mass is 9.57. The van der Waals surface area contributed by atoms with Gasteiger partial charge in [0.15, 0.2) is 11.4 Å². The van der Waals surface area contributed by atoms with Crippen LogP contribution in [0.25, 0.3) is 5.76 Å². The van der Waals surface area contributed by atoms with Crippen LogP contribution in [-0.2, 0) is 33.5 Å². The number of benzene rings is 1. The van der Waals surface area contributed by atoms with E-state index >= 15 is 0 Å². The van der Waals surface area contributed by atoms with E-state index in [1.807, 2.05) is 6.92 Å². The van der Waals surface area contributed by atoms with Crippen molar-refractivity contribution in [2.75, 3.05) is 20.6 Å². The van der Waals surface area contributed by atoms with Crippen LogP contribution in [0.1, 0.15) is 48.4 Å². The Labute approximate surface area is 228 Å². The zero-order chi connectivity index (χ0) is 29.9. The molecular formula is C27H32F3N3O7. The van der Waals surface area contributed by atoms with E-state index in [0.717, 1.165) is 18.9 Å². The second kappa shape index (κ2) is 10.2. The Kier molecular flexibility index (Phi) is 7.54. The fourth-order valence-corrected chi connectivity index (χ4v) is 6.40. The van der Waals surface area contributed by atoms with Gasteiger partial charge in [0.25, 0.3) is 5.91 Å². The molecule has 0 unspecified atom stereocenters. The minimum absolute atomic E-state index is 0.204. The summed E-state index contributed by atoms with van der Waals surface area (Å²) in [7, 11) is 2.87. The van der Waals surface area contributed by atoms with Gasteiger partial charge < -0.3 is 31.5 Å². The summed E-state index contributed by atoms with van der Waals surface area (Å²) in [5, 5.41) is 47.3. The number of likely N-dealkylation sites (N-methyl/N-ethyl adjacent to an activating group) is 1. The van der Waals surface area contributed by atoms with Crippen molar-refractivity contribution in [3.8, 4) is 5.75 Å². The zero-order valence-electron chi connectivity index (χ0n) is 22.2. The highest BCUT2D eigenvalue weighted by atomic mass is 19.4. The molecule has 3 aliphatic carbocycles. The Balaban J connectivity index is 1.94. The van der Waals surface area contributed by atoms with Gasteiger partial charge in [-0.2, -0.15) is 13.2 Å². The molecule has 1 amide bonds. The number of hydrogen-bond acceptors (Lipinski definition) is 9. The highest BCUT2D eigenvalue weighted by Gasteiger charge is 2.64. The maximum absolute atomic E-state index is 14.4. The van der Waals surface area contributed by atoms with E-state index in [1.54, 1.807) is 0 Å². The van der Waals surface area contributed by atoms with E-state index in [9.17, 15) is 48.0 Å². The van der Waals surface area contributed by atoms with Gasteiger partial charge in [-0.15, -0.1) is 0 Å². The molecule has 0 heterocycles. The fourth-order valence-electron chi connectivity index (χ4n) is 6.40. The maximum Gasteiger partial charge on any atom is 0.417 e. The number of fused-ring (bicyclic) bond motifs is 3. The van der Waals surface area contributed by atoms with Gasteiger partial charge in [-0.3, -0.25) is 19.3 Å². The van der Waals surface area contributed by atoms with Crippen molar-refractivity contribution in [1.82, 2.24) is 10.2 Å². The Hall–Kier alpha value is -3.42. The number of amides is 1. The van der Waals surface area contributed by atoms with Gasteiger partial charge in [0, 0.05) is 18.0 Å². The highest BCUT2D eigenvalue weighted by Crippen LogP contribution is 2.54. The number of nitrogens with two attached hydrogens (primary N) is 1. The van der Waals surface area contributed by atoms with Crippen molar-refractivity contribution < 1.29 is 48.0 Å². The lowest BCUT2D eigenvalue weighted by Gasteiger charge is -2.50. The Morgan fingerprint density at radius 2 is 1.88 bits per heavy atom. The minimum atomic E-state index is -4.87. The van der Waals surface area contributed by atoms with Crippen LogP contribution in [0.15, 0.2) is 23.0 Å². The first kappa shape index (κ1) is 29.6. The van der Waals surface area contributed by atoms with Gasteiger partial charge in [0.2, 0.25) is 5.78 Å². The van der Waals surface area contributed by atoms with E-state index in [0.29, 0.717) is 6.54 Å². The van der Waals surface area contributed by atoms with Crippen LogP contribution in [0.4, 0.5) is 13.2 Å². The van der Waals surface area contributed by atoms with E-state index in [2.05, 4.69) is 5.32 Å². The minimum Gasteiger partial charge on any atom is -0.508 e. The van der Waals surface area contributed by atoms with Crippen molar-refractivity contribution in [2.24, 2.45) is 17.6 Å². The third kappa shape index (κ3) is 4.36. The summed E-state index contributed by atoms with van der Waals surface area (Å²) in [4.78, 5) is 40.3. The second-order valence-corrected chi connectivity index (χ2v) is 10.8. The number of unbranched alkanes of at least 4 members (excludes halogenated alkanes) is 1. The molecule has 40 heavy (non-hydrogen) atoms. The number of phenols is 1. The number of aliphatic hydroxyl groups excluding tert-OH is 2. The van der Waals surface area contributed by atoms with Gasteiger partial charge in [-0.1, -0.05) is 13.3 Å². The first-order valence-corrected chi connectivity index (χ1v) is 12.9. The lowest BCUT2D eigenvalue weighted by Crippen LogP contribution is -2.65. The van der Waals surface area contributed by atoms with Crippen LogP contribution in [0.5, 0.6) is 5.75 Å². The van der Waals surface area contributed by atoms with Crippen LogP contribution in [0.2, 0.25) is 0 Å². The molecule has 218 valence electrons. The molecule has 0 aliphatic heterocycles. The third-order valence-electron chi connectivity index (χ3n) is 8.11. The summed E-state index contributed by atoms with van der Waals surface area (Å²) in [6.07, 6.45) is -4.07. The lowest BCUT2D eigenvalue weighted by molar-refractivity contribution is -0.153. The van der Waals surface area contributed by atoms with E-state index in [1.165, 1.54) is 19.0 Å². The summed E-state index contributed by atoms with van der Waals surface area (Å²) in [5.41, 5.74) is -1.36. The monoisotopic (exact) mass is 567 g/mol. The number of Topliss-reactive ketones (excluding diaryl/α,β-unsaturated/α-hetero) is 2. The van der Waals surface area contributed by atoms with Gasteiger partial charge in [-0.05, 0) is 63.0 Å². The molecule has 1 fully saturated rings. The number of primary amides is 1. The molecule has 0 radical (unpaired) electrons. The summed E-state index contributed by atoms with van der Waals surface area (Å²) < 4.78 is 43.3. The number of ketones is 2. The Morgan fingerprint density at radius 1 is 1.23 bits per heavy atom. The number of aliphatic hydroxyl groups is 3. The first-order valence-electron chi connectivity index (χ1n) is 12.9. The largest absolute Gasteiger partial charge is 0.508 e. The van der Waals surface area contributed by atoms with Gasteiger partial charge >= 0.3 is 6.18 Å². The van der Waals surface area contributed by atoms with Crippen LogP contribution in [-0.4, -0.2) is 75.1 Å². The molecule has 1 aromatic rings. The number of aromatic hydroxyl groups is 1.